The first-order valence-corrected chi connectivity index (χ1v) is 5.05. The molecule has 1 aliphatic heterocycles. The second-order valence-electron chi connectivity index (χ2n) is 3.61. The standard InChI is InChI=1S/C11H12N2O2/c14-11-6-1-2-7-13(11)10-5-3-4-9(8-10)12-15/h3-5,8H,1-2,6-7H2. The van der Waals surface area contributed by atoms with Crippen LogP contribution in [0.25, 0.3) is 0 Å². The summed E-state index contributed by atoms with van der Waals surface area (Å²) in [6, 6.07) is 6.85. The lowest BCUT2D eigenvalue weighted by Crippen LogP contribution is -2.35. The summed E-state index contributed by atoms with van der Waals surface area (Å²) in [7, 11) is 0. The fraction of sp³-hybridized carbons (Fsp3) is 0.364. The molecule has 78 valence electrons. The second-order valence-corrected chi connectivity index (χ2v) is 3.61. The summed E-state index contributed by atoms with van der Waals surface area (Å²) in [4.78, 5) is 23.7. The number of nitroso groups, excluding NO2 is 1. The van der Waals surface area contributed by atoms with Crippen molar-refractivity contribution < 1.29 is 4.79 Å². The zero-order valence-electron chi connectivity index (χ0n) is 8.35. The highest BCUT2D eigenvalue weighted by Crippen LogP contribution is 2.24. The van der Waals surface area contributed by atoms with E-state index in [1.54, 1.807) is 23.1 Å². The molecule has 4 nitrogen and oxygen atoms in total. The van der Waals surface area contributed by atoms with E-state index in [4.69, 9.17) is 0 Å². The van der Waals surface area contributed by atoms with Crippen LogP contribution in [0.1, 0.15) is 19.3 Å². The number of piperidine rings is 1. The van der Waals surface area contributed by atoms with Crippen molar-refractivity contribution in [2.24, 2.45) is 5.18 Å². The Morgan fingerprint density at radius 2 is 2.13 bits per heavy atom. The first-order chi connectivity index (χ1) is 7.31. The zero-order chi connectivity index (χ0) is 10.7. The van der Waals surface area contributed by atoms with Gasteiger partial charge in [0.1, 0.15) is 5.69 Å². The molecule has 0 unspecified atom stereocenters. The molecule has 1 saturated heterocycles. The normalized spacial score (nSPS) is 16.5. The maximum absolute atomic E-state index is 11.6. The van der Waals surface area contributed by atoms with E-state index in [-0.39, 0.29) is 5.91 Å². The Labute approximate surface area is 87.9 Å². The zero-order valence-corrected chi connectivity index (χ0v) is 8.35. The Morgan fingerprint density at radius 1 is 1.27 bits per heavy atom. The number of hydrogen-bond acceptors (Lipinski definition) is 3. The van der Waals surface area contributed by atoms with Crippen molar-refractivity contribution in [3.8, 4) is 0 Å². The number of benzene rings is 1. The van der Waals surface area contributed by atoms with E-state index >= 15 is 0 Å². The lowest BCUT2D eigenvalue weighted by Gasteiger charge is -2.26. The van der Waals surface area contributed by atoms with Crippen molar-refractivity contribution in [2.75, 3.05) is 11.4 Å². The van der Waals surface area contributed by atoms with Crippen molar-refractivity contribution in [1.82, 2.24) is 0 Å². The van der Waals surface area contributed by atoms with Crippen LogP contribution in [0.2, 0.25) is 0 Å². The highest BCUT2D eigenvalue weighted by Gasteiger charge is 2.19. The number of amides is 1. The van der Waals surface area contributed by atoms with Crippen LogP contribution in [0.5, 0.6) is 0 Å². The molecule has 1 aliphatic rings. The molecule has 1 aromatic carbocycles. The molecule has 2 rings (SSSR count). The molecule has 0 bridgehead atoms. The van der Waals surface area contributed by atoms with Gasteiger partial charge in [-0.05, 0) is 36.2 Å². The van der Waals surface area contributed by atoms with Gasteiger partial charge in [-0.15, -0.1) is 4.91 Å². The van der Waals surface area contributed by atoms with E-state index < -0.39 is 0 Å². The molecule has 0 spiro atoms. The van der Waals surface area contributed by atoms with Gasteiger partial charge >= 0.3 is 0 Å². The minimum atomic E-state index is 0.129. The third kappa shape index (κ3) is 2.03. The minimum Gasteiger partial charge on any atom is -0.312 e. The Kier molecular flexibility index (Phi) is 2.76. The number of rotatable bonds is 2. The molecule has 1 amide bonds. The lowest BCUT2D eigenvalue weighted by molar-refractivity contribution is -0.119. The summed E-state index contributed by atoms with van der Waals surface area (Å²) in [6.07, 6.45) is 2.57. The predicted molar refractivity (Wildman–Crippen MR) is 58.1 cm³/mol. The second kappa shape index (κ2) is 4.21. The molecule has 0 aromatic heterocycles. The lowest BCUT2D eigenvalue weighted by atomic mass is 10.1. The summed E-state index contributed by atoms with van der Waals surface area (Å²) < 4.78 is 0. The molecule has 1 aromatic rings. The average molecular weight is 204 g/mol. The van der Waals surface area contributed by atoms with Crippen LogP contribution in [-0.4, -0.2) is 12.5 Å². The minimum absolute atomic E-state index is 0.129. The number of carbonyl (C=O) groups is 1. The highest BCUT2D eigenvalue weighted by atomic mass is 16.3. The summed E-state index contributed by atoms with van der Waals surface area (Å²) >= 11 is 0. The van der Waals surface area contributed by atoms with Gasteiger partial charge in [-0.25, -0.2) is 0 Å². The van der Waals surface area contributed by atoms with Gasteiger partial charge in [0, 0.05) is 18.7 Å². The fourth-order valence-electron chi connectivity index (χ4n) is 1.80. The molecule has 15 heavy (non-hydrogen) atoms. The largest absolute Gasteiger partial charge is 0.312 e. The molecule has 0 radical (unpaired) electrons. The van der Waals surface area contributed by atoms with Gasteiger partial charge < -0.3 is 4.90 Å². The van der Waals surface area contributed by atoms with Crippen molar-refractivity contribution in [1.29, 1.82) is 0 Å². The van der Waals surface area contributed by atoms with Gasteiger partial charge in [0.15, 0.2) is 0 Å². The summed E-state index contributed by atoms with van der Waals surface area (Å²) in [5.41, 5.74) is 1.14. The van der Waals surface area contributed by atoms with Crippen molar-refractivity contribution in [3.63, 3.8) is 0 Å². The van der Waals surface area contributed by atoms with E-state index in [0.717, 1.165) is 25.1 Å². The molecular weight excluding hydrogens is 192 g/mol. The smallest absolute Gasteiger partial charge is 0.226 e. The van der Waals surface area contributed by atoms with Crippen molar-refractivity contribution >= 4 is 17.3 Å². The average Bonchev–Trinajstić information content (AvgIpc) is 2.30. The van der Waals surface area contributed by atoms with Crippen LogP contribution >= 0.6 is 0 Å². The number of hydrogen-bond donors (Lipinski definition) is 0. The molecule has 1 heterocycles. The van der Waals surface area contributed by atoms with Gasteiger partial charge in [0.05, 0.1) is 0 Å². The monoisotopic (exact) mass is 204 g/mol. The predicted octanol–water partition coefficient (Wildman–Crippen LogP) is 2.60. The fourth-order valence-corrected chi connectivity index (χ4v) is 1.80. The van der Waals surface area contributed by atoms with E-state index in [1.807, 2.05) is 6.07 Å². The van der Waals surface area contributed by atoms with Crippen LogP contribution in [0.15, 0.2) is 29.4 Å². The quantitative estimate of drug-likeness (QED) is 0.695. The molecule has 0 saturated carbocycles. The number of nitrogens with zero attached hydrogens (tertiary/aromatic N) is 2. The molecule has 1 fully saturated rings. The maximum atomic E-state index is 11.6. The third-order valence-corrected chi connectivity index (χ3v) is 2.57. The van der Waals surface area contributed by atoms with Gasteiger partial charge in [-0.3, -0.25) is 4.79 Å². The van der Waals surface area contributed by atoms with Crippen molar-refractivity contribution in [3.05, 3.63) is 29.2 Å². The van der Waals surface area contributed by atoms with E-state index in [0.29, 0.717) is 12.1 Å². The van der Waals surface area contributed by atoms with E-state index in [1.165, 1.54) is 0 Å². The van der Waals surface area contributed by atoms with Crippen LogP contribution in [0.3, 0.4) is 0 Å². The number of carbonyl (C=O) groups excluding carboxylic acids is 1. The van der Waals surface area contributed by atoms with Crippen LogP contribution in [-0.2, 0) is 4.79 Å². The van der Waals surface area contributed by atoms with Gasteiger partial charge in [-0.1, -0.05) is 6.07 Å². The Balaban J connectivity index is 2.27. The van der Waals surface area contributed by atoms with Crippen LogP contribution in [0.4, 0.5) is 11.4 Å². The highest BCUT2D eigenvalue weighted by molar-refractivity contribution is 5.94. The van der Waals surface area contributed by atoms with Crippen LogP contribution < -0.4 is 4.90 Å². The van der Waals surface area contributed by atoms with E-state index in [9.17, 15) is 9.70 Å². The third-order valence-electron chi connectivity index (χ3n) is 2.57. The summed E-state index contributed by atoms with van der Waals surface area (Å²) in [5, 5.41) is 2.86. The number of anilines is 1. The Bertz CT molecular complexity index is 390. The van der Waals surface area contributed by atoms with E-state index in [2.05, 4.69) is 5.18 Å². The summed E-state index contributed by atoms with van der Waals surface area (Å²) in [6.45, 7) is 0.737. The molecule has 0 N–H and O–H groups in total. The van der Waals surface area contributed by atoms with Crippen LogP contribution in [0, 0.1) is 4.91 Å². The van der Waals surface area contributed by atoms with Gasteiger partial charge in [-0.2, -0.15) is 0 Å². The Hall–Kier alpha value is -1.71. The maximum Gasteiger partial charge on any atom is 0.226 e. The SMILES string of the molecule is O=Nc1cccc(N2CCCCC2=O)c1. The van der Waals surface area contributed by atoms with Gasteiger partial charge in [0.25, 0.3) is 0 Å². The van der Waals surface area contributed by atoms with Crippen molar-refractivity contribution in [2.45, 2.75) is 19.3 Å². The topological polar surface area (TPSA) is 49.7 Å². The molecular formula is C11H12N2O2. The molecule has 0 atom stereocenters. The summed E-state index contributed by atoms with van der Waals surface area (Å²) in [5.74, 6) is 0.129. The first-order valence-electron chi connectivity index (χ1n) is 5.05. The first kappa shape index (κ1) is 9.83. The molecule has 0 aliphatic carbocycles. The molecule has 4 heteroatoms. The van der Waals surface area contributed by atoms with Gasteiger partial charge in [0.2, 0.25) is 5.91 Å². The Morgan fingerprint density at radius 3 is 2.87 bits per heavy atom.